The summed E-state index contributed by atoms with van der Waals surface area (Å²) in [4.78, 5) is 0. The molecule has 3 heterocycles. The van der Waals surface area contributed by atoms with E-state index in [4.69, 9.17) is 18.9 Å². The molecule has 3 aliphatic rings. The number of rotatable bonds is 0. The van der Waals surface area contributed by atoms with Crippen molar-refractivity contribution in [3.05, 3.63) is 41.5 Å². The van der Waals surface area contributed by atoms with Gasteiger partial charge in [-0.3, -0.25) is 0 Å². The fourth-order valence-electron chi connectivity index (χ4n) is 3.25. The number of phenolic OH excluding ortho intramolecular Hbond substituents is 1. The molecule has 0 aliphatic carbocycles. The van der Waals surface area contributed by atoms with Crippen molar-refractivity contribution in [3.63, 3.8) is 0 Å². The molecule has 0 unspecified atom stereocenters. The smallest absolute Gasteiger partial charge is 0.231 e. The Morgan fingerprint density at radius 2 is 1.77 bits per heavy atom. The minimum atomic E-state index is -1.29. The van der Waals surface area contributed by atoms with Gasteiger partial charge in [-0.1, -0.05) is 0 Å². The molecule has 0 aromatic heterocycles. The molecule has 0 radical (unpaired) electrons. The fraction of sp³-hybridized carbons (Fsp3) is 0.250. The van der Waals surface area contributed by atoms with E-state index in [1.807, 2.05) is 0 Å². The van der Waals surface area contributed by atoms with Gasteiger partial charge < -0.3 is 29.2 Å². The van der Waals surface area contributed by atoms with E-state index in [1.54, 1.807) is 24.3 Å². The van der Waals surface area contributed by atoms with Gasteiger partial charge in [0.15, 0.2) is 23.2 Å². The SMILES string of the molecule is Oc1ccc2c(c1)OC[C@]1(O)c3cc4c(cc3O[C@@H]21)OCO4. The second-order valence-electron chi connectivity index (χ2n) is 5.63. The summed E-state index contributed by atoms with van der Waals surface area (Å²) in [6.07, 6.45) is -0.589. The number of aliphatic hydroxyl groups is 1. The average molecular weight is 300 g/mol. The lowest BCUT2D eigenvalue weighted by Crippen LogP contribution is -2.41. The minimum Gasteiger partial charge on any atom is -0.508 e. The Labute approximate surface area is 125 Å². The molecule has 2 aromatic carbocycles. The molecule has 22 heavy (non-hydrogen) atoms. The van der Waals surface area contributed by atoms with Gasteiger partial charge in [0.25, 0.3) is 0 Å². The van der Waals surface area contributed by atoms with Gasteiger partial charge in [0.05, 0.1) is 0 Å². The quantitative estimate of drug-likeness (QED) is 0.773. The van der Waals surface area contributed by atoms with Crippen molar-refractivity contribution in [2.24, 2.45) is 0 Å². The lowest BCUT2D eigenvalue weighted by atomic mass is 9.85. The highest BCUT2D eigenvalue weighted by atomic mass is 16.7. The van der Waals surface area contributed by atoms with E-state index >= 15 is 0 Å². The van der Waals surface area contributed by atoms with Gasteiger partial charge in [0.1, 0.15) is 23.9 Å². The largest absolute Gasteiger partial charge is 0.508 e. The van der Waals surface area contributed by atoms with Gasteiger partial charge >= 0.3 is 0 Å². The predicted molar refractivity (Wildman–Crippen MR) is 73.4 cm³/mol. The van der Waals surface area contributed by atoms with Crippen molar-refractivity contribution in [1.29, 1.82) is 0 Å². The van der Waals surface area contributed by atoms with Gasteiger partial charge in [-0.05, 0) is 18.2 Å². The molecule has 6 heteroatoms. The van der Waals surface area contributed by atoms with Crippen molar-refractivity contribution >= 4 is 0 Å². The molecule has 0 fully saturated rings. The summed E-state index contributed by atoms with van der Waals surface area (Å²) in [5.41, 5.74) is 0.0329. The highest BCUT2D eigenvalue weighted by Gasteiger charge is 2.53. The van der Waals surface area contributed by atoms with Gasteiger partial charge in [0, 0.05) is 23.3 Å². The molecule has 6 nitrogen and oxygen atoms in total. The van der Waals surface area contributed by atoms with Gasteiger partial charge in [0.2, 0.25) is 6.79 Å². The topological polar surface area (TPSA) is 77.4 Å². The van der Waals surface area contributed by atoms with E-state index < -0.39 is 11.7 Å². The third kappa shape index (κ3) is 1.37. The van der Waals surface area contributed by atoms with E-state index in [2.05, 4.69) is 0 Å². The first-order valence-electron chi connectivity index (χ1n) is 6.94. The molecule has 0 bridgehead atoms. The molecule has 0 saturated heterocycles. The number of phenols is 1. The summed E-state index contributed by atoms with van der Waals surface area (Å²) in [7, 11) is 0. The van der Waals surface area contributed by atoms with Gasteiger partial charge in [-0.15, -0.1) is 0 Å². The van der Waals surface area contributed by atoms with E-state index in [0.29, 0.717) is 34.1 Å². The molecular weight excluding hydrogens is 288 g/mol. The van der Waals surface area contributed by atoms with Crippen LogP contribution in [0, 0.1) is 0 Å². The zero-order valence-corrected chi connectivity index (χ0v) is 11.4. The van der Waals surface area contributed by atoms with Crippen molar-refractivity contribution in [1.82, 2.24) is 0 Å². The van der Waals surface area contributed by atoms with Crippen molar-refractivity contribution in [3.8, 4) is 28.7 Å². The van der Waals surface area contributed by atoms with Crippen molar-refractivity contribution in [2.45, 2.75) is 11.7 Å². The molecule has 0 amide bonds. The Morgan fingerprint density at radius 1 is 0.955 bits per heavy atom. The van der Waals surface area contributed by atoms with E-state index in [1.165, 1.54) is 6.07 Å². The molecular formula is C16H12O6. The number of fused-ring (bicyclic) bond motifs is 6. The summed E-state index contributed by atoms with van der Waals surface area (Å²) in [6.45, 7) is 0.208. The van der Waals surface area contributed by atoms with E-state index in [-0.39, 0.29) is 19.1 Å². The van der Waals surface area contributed by atoms with E-state index in [0.717, 1.165) is 0 Å². The third-order valence-corrected chi connectivity index (χ3v) is 4.35. The van der Waals surface area contributed by atoms with Crippen molar-refractivity contribution < 1.29 is 29.2 Å². The lowest BCUT2D eigenvalue weighted by molar-refractivity contribution is -0.0865. The highest BCUT2D eigenvalue weighted by Crippen LogP contribution is 2.56. The molecule has 0 saturated carbocycles. The Morgan fingerprint density at radius 3 is 2.64 bits per heavy atom. The summed E-state index contributed by atoms with van der Waals surface area (Å²) in [5, 5.41) is 20.7. The number of aromatic hydroxyl groups is 1. The Bertz CT molecular complexity index is 801. The fourth-order valence-corrected chi connectivity index (χ4v) is 3.25. The van der Waals surface area contributed by atoms with Crippen LogP contribution in [0.5, 0.6) is 28.7 Å². The van der Waals surface area contributed by atoms with Crippen LogP contribution in [0.3, 0.4) is 0 Å². The highest BCUT2D eigenvalue weighted by molar-refractivity contribution is 5.58. The monoisotopic (exact) mass is 300 g/mol. The maximum Gasteiger partial charge on any atom is 0.231 e. The predicted octanol–water partition coefficient (Wildman–Crippen LogP) is 1.83. The summed E-state index contributed by atoms with van der Waals surface area (Å²) >= 11 is 0. The van der Waals surface area contributed by atoms with E-state index in [9.17, 15) is 10.2 Å². The first-order valence-corrected chi connectivity index (χ1v) is 6.94. The Hall–Kier alpha value is -2.60. The summed E-state index contributed by atoms with van der Waals surface area (Å²) < 4.78 is 22.3. The summed E-state index contributed by atoms with van der Waals surface area (Å²) in [6, 6.07) is 8.24. The number of benzene rings is 2. The zero-order valence-electron chi connectivity index (χ0n) is 11.4. The van der Waals surface area contributed by atoms with Crippen molar-refractivity contribution in [2.75, 3.05) is 13.4 Å². The molecule has 3 aliphatic heterocycles. The maximum atomic E-state index is 11.1. The van der Waals surface area contributed by atoms with Crippen LogP contribution >= 0.6 is 0 Å². The first kappa shape index (κ1) is 12.0. The number of ether oxygens (including phenoxy) is 4. The van der Waals surface area contributed by atoms with Crippen LogP contribution in [0.2, 0.25) is 0 Å². The van der Waals surface area contributed by atoms with Crippen LogP contribution in [0.1, 0.15) is 17.2 Å². The van der Waals surface area contributed by atoms with Crippen LogP contribution in [0.15, 0.2) is 30.3 Å². The Kier molecular flexibility index (Phi) is 2.06. The third-order valence-electron chi connectivity index (χ3n) is 4.35. The molecule has 2 N–H and O–H groups in total. The maximum absolute atomic E-state index is 11.1. The second-order valence-corrected chi connectivity index (χ2v) is 5.63. The number of hydrogen-bond acceptors (Lipinski definition) is 6. The molecule has 5 rings (SSSR count). The van der Waals surface area contributed by atoms with Crippen LogP contribution in [-0.2, 0) is 5.60 Å². The molecule has 112 valence electrons. The van der Waals surface area contributed by atoms with Gasteiger partial charge in [-0.25, -0.2) is 0 Å². The van der Waals surface area contributed by atoms with Crippen LogP contribution in [0.4, 0.5) is 0 Å². The molecule has 2 atom stereocenters. The molecule has 0 spiro atoms. The van der Waals surface area contributed by atoms with Crippen LogP contribution in [0.25, 0.3) is 0 Å². The van der Waals surface area contributed by atoms with Crippen LogP contribution < -0.4 is 18.9 Å². The standard InChI is InChI=1S/C16H12O6/c17-8-1-2-9-11(3-8)19-6-16(18)10-4-13-14(21-7-20-13)5-12(10)22-15(9)16/h1-5,15,17-18H,6-7H2/t15-,16-/m0/s1. The number of hydrogen-bond donors (Lipinski definition) is 2. The average Bonchev–Trinajstić information content (AvgIpc) is 3.07. The molecule has 2 aromatic rings. The Balaban J connectivity index is 1.67. The minimum absolute atomic E-state index is 0.0424. The van der Waals surface area contributed by atoms with Crippen LogP contribution in [-0.4, -0.2) is 23.6 Å². The summed E-state index contributed by atoms with van der Waals surface area (Å²) in [5.74, 6) is 2.38. The first-order chi connectivity index (χ1) is 10.6. The zero-order chi connectivity index (χ0) is 14.9. The normalized spacial score (nSPS) is 26.5. The van der Waals surface area contributed by atoms with Gasteiger partial charge in [-0.2, -0.15) is 0 Å². The lowest BCUT2D eigenvalue weighted by Gasteiger charge is -2.34. The second kappa shape index (κ2) is 3.78.